The van der Waals surface area contributed by atoms with Crippen molar-refractivity contribution in [1.29, 1.82) is 0 Å². The highest BCUT2D eigenvalue weighted by atomic mass is 16.5. The highest BCUT2D eigenvalue weighted by Crippen LogP contribution is 2.31. The summed E-state index contributed by atoms with van der Waals surface area (Å²) in [6.07, 6.45) is 3.54. The van der Waals surface area contributed by atoms with Gasteiger partial charge in [-0.05, 0) is 61.0 Å². The lowest BCUT2D eigenvalue weighted by atomic mass is 10.0. The number of imide groups is 1. The van der Waals surface area contributed by atoms with Crippen LogP contribution in [-0.4, -0.2) is 57.7 Å². The van der Waals surface area contributed by atoms with Gasteiger partial charge in [-0.2, -0.15) is 0 Å². The maximum absolute atomic E-state index is 12.9. The number of fused-ring (bicyclic) bond motifs is 2. The minimum Gasteiger partial charge on any atom is -0.489 e. The van der Waals surface area contributed by atoms with Crippen LogP contribution in [0.4, 0.5) is 0 Å². The van der Waals surface area contributed by atoms with Crippen LogP contribution in [0.25, 0.3) is 10.8 Å². The molecule has 2 aromatic carbocycles. The smallest absolute Gasteiger partial charge is 0.255 e. The Hall–Kier alpha value is -3.78. The second-order valence-corrected chi connectivity index (χ2v) is 10.0. The van der Waals surface area contributed by atoms with E-state index in [1.54, 1.807) is 11.0 Å². The number of pyridine rings is 1. The van der Waals surface area contributed by atoms with Crippen LogP contribution in [0.15, 0.2) is 48.7 Å². The molecule has 3 aromatic rings. The predicted octanol–water partition coefficient (Wildman–Crippen LogP) is 2.96. The van der Waals surface area contributed by atoms with E-state index in [1.165, 1.54) is 10.9 Å². The molecule has 0 radical (unpaired) electrons. The summed E-state index contributed by atoms with van der Waals surface area (Å²) in [6, 6.07) is 13.5. The Morgan fingerprint density at radius 2 is 1.94 bits per heavy atom. The Balaban J connectivity index is 1.08. The van der Waals surface area contributed by atoms with Gasteiger partial charge >= 0.3 is 0 Å². The van der Waals surface area contributed by atoms with Gasteiger partial charge in [0.05, 0.1) is 5.69 Å². The summed E-state index contributed by atoms with van der Waals surface area (Å²) in [4.78, 5) is 45.2. The molecule has 8 nitrogen and oxygen atoms in total. The molecule has 4 heterocycles. The summed E-state index contributed by atoms with van der Waals surface area (Å²) >= 11 is 0. The highest BCUT2D eigenvalue weighted by molar-refractivity contribution is 6.05. The van der Waals surface area contributed by atoms with Crippen LogP contribution in [0.3, 0.4) is 0 Å². The van der Waals surface area contributed by atoms with Crippen LogP contribution in [-0.2, 0) is 22.7 Å². The molecule has 1 N–H and O–H groups in total. The molecular formula is C28H28N4O4. The SMILES string of the molecule is Cc1ccc2cc(CN3CC[C@H](Oc4ccc5c(c4)CN(C4CCC(=O)NC4=O)C5=O)C3)ncc2c1. The van der Waals surface area contributed by atoms with Gasteiger partial charge < -0.3 is 9.64 Å². The Kier molecular flexibility index (Phi) is 5.68. The van der Waals surface area contributed by atoms with E-state index in [9.17, 15) is 14.4 Å². The van der Waals surface area contributed by atoms with E-state index >= 15 is 0 Å². The molecule has 2 fully saturated rings. The zero-order chi connectivity index (χ0) is 24.8. The van der Waals surface area contributed by atoms with E-state index in [4.69, 9.17) is 4.74 Å². The van der Waals surface area contributed by atoms with Gasteiger partial charge in [-0.15, -0.1) is 0 Å². The third-order valence-corrected chi connectivity index (χ3v) is 7.35. The molecule has 6 rings (SSSR count). The molecule has 184 valence electrons. The molecule has 3 amide bonds. The van der Waals surface area contributed by atoms with Gasteiger partial charge in [-0.3, -0.25) is 29.6 Å². The fraction of sp³-hybridized carbons (Fsp3) is 0.357. The quantitative estimate of drug-likeness (QED) is 0.560. The van der Waals surface area contributed by atoms with E-state index in [-0.39, 0.29) is 24.3 Å². The third kappa shape index (κ3) is 4.33. The van der Waals surface area contributed by atoms with E-state index in [2.05, 4.69) is 46.4 Å². The van der Waals surface area contributed by atoms with Crippen molar-refractivity contribution >= 4 is 28.5 Å². The Bertz CT molecular complexity index is 1390. The molecule has 3 aliphatic heterocycles. The summed E-state index contributed by atoms with van der Waals surface area (Å²) in [5.41, 5.74) is 3.73. The van der Waals surface area contributed by atoms with Gasteiger partial charge in [0.2, 0.25) is 11.8 Å². The van der Waals surface area contributed by atoms with Crippen molar-refractivity contribution in [3.05, 3.63) is 71.0 Å². The van der Waals surface area contributed by atoms with Crippen LogP contribution in [0.1, 0.15) is 46.4 Å². The van der Waals surface area contributed by atoms with Crippen molar-refractivity contribution < 1.29 is 19.1 Å². The summed E-state index contributed by atoms with van der Waals surface area (Å²) < 4.78 is 6.29. The van der Waals surface area contributed by atoms with Crippen molar-refractivity contribution in [2.75, 3.05) is 13.1 Å². The first-order valence-electron chi connectivity index (χ1n) is 12.4. The largest absolute Gasteiger partial charge is 0.489 e. The number of hydrogen-bond donors (Lipinski definition) is 1. The van der Waals surface area contributed by atoms with Crippen LogP contribution >= 0.6 is 0 Å². The number of rotatable bonds is 5. The third-order valence-electron chi connectivity index (χ3n) is 7.35. The van der Waals surface area contributed by atoms with E-state index in [1.807, 2.05) is 18.3 Å². The summed E-state index contributed by atoms with van der Waals surface area (Å²) in [5, 5.41) is 4.71. The number of ether oxygens (including phenoxy) is 1. The first kappa shape index (κ1) is 22.7. The highest BCUT2D eigenvalue weighted by Gasteiger charge is 2.39. The van der Waals surface area contributed by atoms with E-state index in [0.29, 0.717) is 18.5 Å². The lowest BCUT2D eigenvalue weighted by molar-refractivity contribution is -0.136. The molecule has 0 spiro atoms. The monoisotopic (exact) mass is 484 g/mol. The number of carbonyl (C=O) groups is 3. The van der Waals surface area contributed by atoms with Crippen molar-refractivity contribution in [2.24, 2.45) is 0 Å². The molecule has 2 saturated heterocycles. The summed E-state index contributed by atoms with van der Waals surface area (Å²) in [7, 11) is 0. The number of benzene rings is 2. The number of nitrogens with one attached hydrogen (secondary N) is 1. The van der Waals surface area contributed by atoms with Crippen LogP contribution < -0.4 is 10.1 Å². The maximum Gasteiger partial charge on any atom is 0.255 e. The van der Waals surface area contributed by atoms with Gasteiger partial charge in [-0.25, -0.2) is 0 Å². The number of carbonyl (C=O) groups excluding carboxylic acids is 3. The number of aromatic nitrogens is 1. The first-order chi connectivity index (χ1) is 17.4. The molecule has 0 aliphatic carbocycles. The van der Waals surface area contributed by atoms with Crippen molar-refractivity contribution in [2.45, 2.75) is 51.4 Å². The second kappa shape index (κ2) is 9.02. The molecule has 0 bridgehead atoms. The van der Waals surface area contributed by atoms with Crippen LogP contribution in [0.2, 0.25) is 0 Å². The predicted molar refractivity (Wildman–Crippen MR) is 133 cm³/mol. The zero-order valence-electron chi connectivity index (χ0n) is 20.2. The number of nitrogens with zero attached hydrogens (tertiary/aromatic N) is 3. The molecular weight excluding hydrogens is 456 g/mol. The van der Waals surface area contributed by atoms with Gasteiger partial charge in [-0.1, -0.05) is 17.7 Å². The number of amides is 3. The summed E-state index contributed by atoms with van der Waals surface area (Å²) in [6.45, 7) is 4.97. The average Bonchev–Trinajstić information content (AvgIpc) is 3.42. The number of aryl methyl sites for hydroxylation is 1. The molecule has 36 heavy (non-hydrogen) atoms. The van der Waals surface area contributed by atoms with Gasteiger partial charge in [0.25, 0.3) is 5.91 Å². The fourth-order valence-corrected chi connectivity index (χ4v) is 5.48. The second-order valence-electron chi connectivity index (χ2n) is 10.0. The standard InChI is InChI=1S/C28H28N4O4/c1-17-2-3-18-11-21(29-13-19(18)10-17)15-31-9-8-23(16-31)36-22-4-5-24-20(12-22)14-32(28(24)35)25-6-7-26(33)30-27(25)34/h2-5,10-13,23,25H,6-9,14-16H2,1H3,(H,30,33,34)/t23-,25?/m0/s1. The average molecular weight is 485 g/mol. The van der Waals surface area contributed by atoms with Gasteiger partial charge in [0.1, 0.15) is 17.9 Å². The minimum absolute atomic E-state index is 0.0644. The van der Waals surface area contributed by atoms with Gasteiger partial charge in [0.15, 0.2) is 0 Å². The van der Waals surface area contributed by atoms with Gasteiger partial charge in [0, 0.05) is 49.7 Å². The van der Waals surface area contributed by atoms with Crippen LogP contribution in [0.5, 0.6) is 5.75 Å². The van der Waals surface area contributed by atoms with E-state index in [0.717, 1.165) is 48.4 Å². The normalized spacial score (nSPS) is 22.2. The Labute approximate surface area is 209 Å². The number of likely N-dealkylation sites (tertiary alicyclic amines) is 1. The zero-order valence-corrected chi connectivity index (χ0v) is 20.2. The Morgan fingerprint density at radius 1 is 1.06 bits per heavy atom. The van der Waals surface area contributed by atoms with Crippen molar-refractivity contribution in [3.8, 4) is 5.75 Å². The van der Waals surface area contributed by atoms with Crippen LogP contribution in [0, 0.1) is 6.92 Å². The number of hydrogen-bond acceptors (Lipinski definition) is 6. The number of piperidine rings is 1. The lowest BCUT2D eigenvalue weighted by Crippen LogP contribution is -2.52. The molecule has 0 saturated carbocycles. The van der Waals surface area contributed by atoms with Crippen molar-refractivity contribution in [3.63, 3.8) is 0 Å². The molecule has 1 aromatic heterocycles. The molecule has 1 unspecified atom stereocenters. The van der Waals surface area contributed by atoms with Crippen molar-refractivity contribution in [1.82, 2.24) is 20.1 Å². The molecule has 8 heteroatoms. The Morgan fingerprint density at radius 3 is 2.81 bits per heavy atom. The summed E-state index contributed by atoms with van der Waals surface area (Å²) in [5.74, 6) is -0.118. The minimum atomic E-state index is -0.608. The molecule has 2 atom stereocenters. The first-order valence-corrected chi connectivity index (χ1v) is 12.4. The fourth-order valence-electron chi connectivity index (χ4n) is 5.48. The molecule has 3 aliphatic rings. The lowest BCUT2D eigenvalue weighted by Gasteiger charge is -2.29. The van der Waals surface area contributed by atoms with E-state index < -0.39 is 11.9 Å². The topological polar surface area (TPSA) is 91.8 Å². The maximum atomic E-state index is 12.9.